The molecule has 180 valence electrons. The molecule has 0 aliphatic heterocycles. The summed E-state index contributed by atoms with van der Waals surface area (Å²) in [6.07, 6.45) is 6.22. The van der Waals surface area contributed by atoms with Crippen molar-refractivity contribution in [2.75, 3.05) is 33.9 Å². The van der Waals surface area contributed by atoms with Crippen LogP contribution in [0.1, 0.15) is 30.7 Å². The summed E-state index contributed by atoms with van der Waals surface area (Å²) in [6, 6.07) is 3.10. The van der Waals surface area contributed by atoms with Crippen molar-refractivity contribution in [1.82, 2.24) is 20.6 Å². The van der Waals surface area contributed by atoms with Gasteiger partial charge in [0.15, 0.2) is 23.2 Å². The van der Waals surface area contributed by atoms with Crippen molar-refractivity contribution in [1.29, 1.82) is 5.41 Å². The molecule has 2 aromatic rings. The summed E-state index contributed by atoms with van der Waals surface area (Å²) in [5.74, 6) is 1.27. The predicted molar refractivity (Wildman–Crippen MR) is 122 cm³/mol. The minimum atomic E-state index is -0.535. The molecule has 12 heteroatoms. The van der Waals surface area contributed by atoms with Crippen LogP contribution >= 0.6 is 0 Å². The summed E-state index contributed by atoms with van der Waals surface area (Å²) in [6.45, 7) is 1.33. The molecule has 0 spiro atoms. The van der Waals surface area contributed by atoms with Crippen LogP contribution in [0.5, 0.6) is 17.2 Å². The summed E-state index contributed by atoms with van der Waals surface area (Å²) in [5.41, 5.74) is 5.39. The van der Waals surface area contributed by atoms with E-state index in [9.17, 15) is 10.0 Å². The Bertz CT molecular complexity index is 906. The lowest BCUT2D eigenvalue weighted by Gasteiger charge is -2.16. The molecule has 33 heavy (non-hydrogen) atoms. The topological polar surface area (TPSA) is 180 Å². The monoisotopic (exact) mass is 461 g/mol. The van der Waals surface area contributed by atoms with Gasteiger partial charge in [-0.05, 0) is 31.4 Å². The molecule has 12 nitrogen and oxygen atoms in total. The Kier molecular flexibility index (Phi) is 10.3. The van der Waals surface area contributed by atoms with E-state index in [1.165, 1.54) is 14.2 Å². The number of carbonyl (C=O) groups is 1. The second kappa shape index (κ2) is 13.5. The molecule has 0 fully saturated rings. The van der Waals surface area contributed by atoms with E-state index in [1.54, 1.807) is 24.5 Å². The van der Waals surface area contributed by atoms with Crippen LogP contribution in [-0.2, 0) is 11.2 Å². The molecular formula is C21H31N7O5. The number of nitrogens with one attached hydrogen (secondary N) is 4. The van der Waals surface area contributed by atoms with Gasteiger partial charge < -0.3 is 40.8 Å². The van der Waals surface area contributed by atoms with Gasteiger partial charge in [-0.15, -0.1) is 0 Å². The van der Waals surface area contributed by atoms with Crippen LogP contribution in [0, 0.1) is 5.41 Å². The van der Waals surface area contributed by atoms with Crippen LogP contribution in [0.25, 0.3) is 0 Å². The highest BCUT2D eigenvalue weighted by Crippen LogP contribution is 2.39. The highest BCUT2D eigenvalue weighted by Gasteiger charge is 2.21. The Morgan fingerprint density at radius 3 is 2.45 bits per heavy atom. The number of rotatable bonds is 14. The lowest BCUT2D eigenvalue weighted by Crippen LogP contribution is -2.32. The Balaban J connectivity index is 2.00. The van der Waals surface area contributed by atoms with Gasteiger partial charge in [-0.1, -0.05) is 5.16 Å². The number of nitrogens with zero attached hydrogens (tertiary/aromatic N) is 2. The molecule has 1 amide bonds. The number of aromatic amines is 1. The molecule has 0 unspecified atom stereocenters. The van der Waals surface area contributed by atoms with Gasteiger partial charge in [-0.25, -0.2) is 4.98 Å². The summed E-state index contributed by atoms with van der Waals surface area (Å²) in [5, 5.41) is 25.3. The number of H-pyrrole nitrogens is 1. The lowest BCUT2D eigenvalue weighted by molar-refractivity contribution is -0.114. The van der Waals surface area contributed by atoms with Gasteiger partial charge in [0.25, 0.3) is 5.91 Å². The number of amides is 1. The highest BCUT2D eigenvalue weighted by molar-refractivity contribution is 6.45. The molecule has 1 aromatic heterocycles. The van der Waals surface area contributed by atoms with Crippen molar-refractivity contribution in [2.45, 2.75) is 25.7 Å². The maximum atomic E-state index is 12.6. The van der Waals surface area contributed by atoms with Gasteiger partial charge >= 0.3 is 0 Å². The number of aryl methyl sites for hydroxylation is 1. The Morgan fingerprint density at radius 1 is 1.18 bits per heavy atom. The first kappa shape index (κ1) is 25.3. The van der Waals surface area contributed by atoms with E-state index >= 15 is 0 Å². The van der Waals surface area contributed by atoms with Crippen LogP contribution in [0.3, 0.4) is 0 Å². The lowest BCUT2D eigenvalue weighted by atomic mass is 10.1. The number of benzene rings is 1. The van der Waals surface area contributed by atoms with Crippen molar-refractivity contribution < 1.29 is 24.2 Å². The standard InChI is InChI=1S/C21H31N7O5/c1-31-15-12-14(13-16(32-2)19(15)33-11-4-3-7-27-21(22)23)18(28-30)20(29)26-8-5-6-17-24-9-10-25-17/h9-10,12-13,30H,3-8,11H2,1-2H3,(H,24,25)(H,26,29)(H4,22,23,27). The maximum absolute atomic E-state index is 12.6. The van der Waals surface area contributed by atoms with E-state index < -0.39 is 5.91 Å². The number of ether oxygens (including phenoxy) is 3. The van der Waals surface area contributed by atoms with Gasteiger partial charge in [0, 0.05) is 37.5 Å². The average Bonchev–Trinajstić information content (AvgIpc) is 3.33. The highest BCUT2D eigenvalue weighted by atomic mass is 16.5. The smallest absolute Gasteiger partial charge is 0.273 e. The third-order valence-corrected chi connectivity index (χ3v) is 4.61. The molecule has 0 saturated carbocycles. The van der Waals surface area contributed by atoms with Crippen molar-refractivity contribution in [3.05, 3.63) is 35.9 Å². The third kappa shape index (κ3) is 7.91. The van der Waals surface area contributed by atoms with E-state index in [0.717, 1.165) is 12.2 Å². The van der Waals surface area contributed by atoms with Crippen LogP contribution in [-0.4, -0.2) is 66.7 Å². The number of hydrogen-bond acceptors (Lipinski definition) is 8. The molecule has 0 atom stereocenters. The molecule has 1 heterocycles. The predicted octanol–water partition coefficient (Wildman–Crippen LogP) is 0.996. The molecule has 0 aliphatic carbocycles. The molecule has 7 N–H and O–H groups in total. The zero-order chi connectivity index (χ0) is 24.1. The van der Waals surface area contributed by atoms with Gasteiger partial charge in [0.2, 0.25) is 5.75 Å². The van der Waals surface area contributed by atoms with Crippen LogP contribution in [0.15, 0.2) is 29.7 Å². The van der Waals surface area contributed by atoms with Gasteiger partial charge in [0.05, 0.1) is 20.8 Å². The Hall–Kier alpha value is -3.96. The largest absolute Gasteiger partial charge is 0.493 e. The van der Waals surface area contributed by atoms with Crippen molar-refractivity contribution in [3.63, 3.8) is 0 Å². The second-order valence-corrected chi connectivity index (χ2v) is 6.95. The van der Waals surface area contributed by atoms with Gasteiger partial charge in [0.1, 0.15) is 5.82 Å². The molecule has 0 radical (unpaired) electrons. The van der Waals surface area contributed by atoms with Gasteiger partial charge in [-0.2, -0.15) is 0 Å². The molecular weight excluding hydrogens is 430 g/mol. The number of guanidine groups is 1. The summed E-state index contributed by atoms with van der Waals surface area (Å²) in [7, 11) is 2.93. The quantitative estimate of drug-likeness (QED) is 0.0792. The molecule has 2 rings (SSSR count). The number of nitrogens with two attached hydrogens (primary N) is 1. The number of oxime groups is 1. The fourth-order valence-electron chi connectivity index (χ4n) is 2.99. The number of hydrogen-bond donors (Lipinski definition) is 6. The molecule has 0 aliphatic rings. The van der Waals surface area contributed by atoms with Crippen molar-refractivity contribution >= 4 is 17.6 Å². The van der Waals surface area contributed by atoms with E-state index in [2.05, 4.69) is 25.8 Å². The number of unbranched alkanes of at least 4 members (excludes halogenated alkanes) is 1. The first-order chi connectivity index (χ1) is 16.0. The normalized spacial score (nSPS) is 11.0. The van der Waals surface area contributed by atoms with Crippen LogP contribution < -0.4 is 30.6 Å². The third-order valence-electron chi connectivity index (χ3n) is 4.61. The number of methoxy groups -OCH3 is 2. The maximum Gasteiger partial charge on any atom is 0.273 e. The van der Waals surface area contributed by atoms with Gasteiger partial charge in [-0.3, -0.25) is 10.2 Å². The fraction of sp³-hybridized carbons (Fsp3) is 0.429. The summed E-state index contributed by atoms with van der Waals surface area (Å²) in [4.78, 5) is 19.7. The zero-order valence-electron chi connectivity index (χ0n) is 18.8. The van der Waals surface area contributed by atoms with E-state index in [-0.39, 0.29) is 11.7 Å². The molecule has 1 aromatic carbocycles. The second-order valence-electron chi connectivity index (χ2n) is 6.95. The summed E-state index contributed by atoms with van der Waals surface area (Å²) < 4.78 is 16.6. The van der Waals surface area contributed by atoms with Crippen molar-refractivity contribution in [2.24, 2.45) is 10.9 Å². The minimum Gasteiger partial charge on any atom is -0.493 e. The summed E-state index contributed by atoms with van der Waals surface area (Å²) >= 11 is 0. The Morgan fingerprint density at radius 2 is 1.88 bits per heavy atom. The fourth-order valence-corrected chi connectivity index (χ4v) is 2.99. The van der Waals surface area contributed by atoms with E-state index in [0.29, 0.717) is 61.8 Å². The first-order valence-corrected chi connectivity index (χ1v) is 10.5. The first-order valence-electron chi connectivity index (χ1n) is 10.5. The van der Waals surface area contributed by atoms with E-state index in [4.69, 9.17) is 25.4 Å². The number of aromatic nitrogens is 2. The number of carbonyl (C=O) groups excluding carboxylic acids is 1. The Labute approximate surface area is 192 Å². The van der Waals surface area contributed by atoms with Crippen LogP contribution in [0.4, 0.5) is 0 Å². The zero-order valence-corrected chi connectivity index (χ0v) is 18.8. The van der Waals surface area contributed by atoms with Crippen molar-refractivity contribution in [3.8, 4) is 17.2 Å². The minimum absolute atomic E-state index is 0.0715. The SMILES string of the molecule is COc1cc(C(=NO)C(=O)NCCCc2ncc[nH]2)cc(OC)c1OCCCCNC(=N)N. The molecule has 0 saturated heterocycles. The van der Waals surface area contributed by atoms with E-state index in [1.807, 2.05) is 0 Å². The number of imidazole rings is 1. The molecule has 0 bridgehead atoms. The van der Waals surface area contributed by atoms with Crippen LogP contribution in [0.2, 0.25) is 0 Å². The average molecular weight is 462 g/mol.